The molecule has 0 bridgehead atoms. The zero-order valence-electron chi connectivity index (χ0n) is 21.2. The van der Waals surface area contributed by atoms with Gasteiger partial charge in [0.2, 0.25) is 5.75 Å². The summed E-state index contributed by atoms with van der Waals surface area (Å²) in [5.74, 6) is 2.68. The molecule has 1 aliphatic rings. The Morgan fingerprint density at radius 1 is 0.833 bits per heavy atom. The summed E-state index contributed by atoms with van der Waals surface area (Å²) in [5, 5.41) is 3.47. The van der Waals surface area contributed by atoms with Crippen LogP contribution < -0.4 is 29.2 Å². The van der Waals surface area contributed by atoms with Crippen LogP contribution in [0.1, 0.15) is 18.4 Å². The summed E-state index contributed by atoms with van der Waals surface area (Å²) >= 11 is 0. The lowest BCUT2D eigenvalue weighted by atomic mass is 10.0. The molecule has 1 aromatic heterocycles. The second-order valence-corrected chi connectivity index (χ2v) is 8.31. The minimum atomic E-state index is 0. The molecule has 0 atom stereocenters. The fourth-order valence-corrected chi connectivity index (χ4v) is 4.52. The summed E-state index contributed by atoms with van der Waals surface area (Å²) < 4.78 is 22.1. The minimum Gasteiger partial charge on any atom is -0.497 e. The van der Waals surface area contributed by atoms with E-state index in [2.05, 4.69) is 33.4 Å². The number of nitrogens with one attached hydrogen (secondary N) is 1. The van der Waals surface area contributed by atoms with Crippen LogP contribution >= 0.6 is 24.8 Å². The van der Waals surface area contributed by atoms with Crippen LogP contribution in [0.4, 0.5) is 5.69 Å². The van der Waals surface area contributed by atoms with E-state index in [0.717, 1.165) is 60.6 Å². The molecule has 196 valence electrons. The number of benzene rings is 2. The van der Waals surface area contributed by atoms with Crippen molar-refractivity contribution in [3.8, 4) is 34.1 Å². The van der Waals surface area contributed by atoms with E-state index >= 15 is 0 Å². The Labute approximate surface area is 225 Å². The van der Waals surface area contributed by atoms with Gasteiger partial charge in [-0.05, 0) is 67.4 Å². The van der Waals surface area contributed by atoms with Gasteiger partial charge < -0.3 is 29.2 Å². The molecule has 1 aliphatic heterocycles. The van der Waals surface area contributed by atoms with Gasteiger partial charge in [0, 0.05) is 42.3 Å². The van der Waals surface area contributed by atoms with Crippen LogP contribution in [0.5, 0.6) is 23.0 Å². The number of halogens is 2. The van der Waals surface area contributed by atoms with Crippen molar-refractivity contribution in [2.45, 2.75) is 25.4 Å². The van der Waals surface area contributed by atoms with Gasteiger partial charge in [0.15, 0.2) is 11.5 Å². The first kappa shape index (κ1) is 29.4. The SMILES string of the molecule is COc1cccc(N(Cc2cncc(-c3cc(OC)c(OC)c(OC)c3)c2)C2CCNCC2)c1.Cl.Cl. The maximum absolute atomic E-state index is 5.54. The average molecular weight is 537 g/mol. The molecule has 0 aliphatic carbocycles. The molecular weight excluding hydrogens is 501 g/mol. The molecule has 9 heteroatoms. The van der Waals surface area contributed by atoms with Crippen molar-refractivity contribution in [3.63, 3.8) is 0 Å². The number of pyridine rings is 1. The van der Waals surface area contributed by atoms with E-state index in [4.69, 9.17) is 18.9 Å². The molecule has 0 radical (unpaired) electrons. The smallest absolute Gasteiger partial charge is 0.203 e. The first-order valence-electron chi connectivity index (χ1n) is 11.5. The summed E-state index contributed by atoms with van der Waals surface area (Å²) in [5.41, 5.74) is 4.24. The van der Waals surface area contributed by atoms with Crippen LogP contribution in [0.15, 0.2) is 54.9 Å². The number of hydrogen-bond donors (Lipinski definition) is 1. The molecule has 1 saturated heterocycles. The van der Waals surface area contributed by atoms with Crippen LogP contribution in [0.25, 0.3) is 11.1 Å². The van der Waals surface area contributed by atoms with Crippen LogP contribution in [-0.4, -0.2) is 52.6 Å². The summed E-state index contributed by atoms with van der Waals surface area (Å²) in [6, 6.07) is 14.8. The Morgan fingerprint density at radius 2 is 1.53 bits per heavy atom. The molecule has 1 fully saturated rings. The maximum atomic E-state index is 5.54. The lowest BCUT2D eigenvalue weighted by molar-refractivity contribution is 0.324. The number of hydrogen-bond acceptors (Lipinski definition) is 7. The number of methoxy groups -OCH3 is 4. The van der Waals surface area contributed by atoms with Gasteiger partial charge in [-0.25, -0.2) is 0 Å². The quantitative estimate of drug-likeness (QED) is 0.394. The Kier molecular flexibility index (Phi) is 11.4. The van der Waals surface area contributed by atoms with E-state index in [1.54, 1.807) is 28.4 Å². The normalized spacial score (nSPS) is 13.1. The lowest BCUT2D eigenvalue weighted by Crippen LogP contribution is -2.43. The van der Waals surface area contributed by atoms with Crippen molar-refractivity contribution in [1.82, 2.24) is 10.3 Å². The molecule has 2 heterocycles. The van der Waals surface area contributed by atoms with Gasteiger partial charge in [-0.3, -0.25) is 4.98 Å². The topological polar surface area (TPSA) is 65.1 Å². The zero-order chi connectivity index (χ0) is 23.9. The highest BCUT2D eigenvalue weighted by atomic mass is 35.5. The van der Waals surface area contributed by atoms with Crippen LogP contribution in [0, 0.1) is 0 Å². The second-order valence-electron chi connectivity index (χ2n) is 8.31. The molecule has 7 nitrogen and oxygen atoms in total. The van der Waals surface area contributed by atoms with Gasteiger partial charge >= 0.3 is 0 Å². The predicted molar refractivity (Wildman–Crippen MR) is 149 cm³/mol. The van der Waals surface area contributed by atoms with Gasteiger partial charge in [0.05, 0.1) is 28.4 Å². The Bertz CT molecular complexity index is 1080. The van der Waals surface area contributed by atoms with Crippen LogP contribution in [0.2, 0.25) is 0 Å². The molecule has 2 aromatic carbocycles. The average Bonchev–Trinajstić information content (AvgIpc) is 2.91. The van der Waals surface area contributed by atoms with E-state index in [1.807, 2.05) is 36.7 Å². The van der Waals surface area contributed by atoms with Crippen molar-refractivity contribution < 1.29 is 18.9 Å². The number of aromatic nitrogens is 1. The fraction of sp³-hybridized carbons (Fsp3) is 0.370. The van der Waals surface area contributed by atoms with E-state index in [9.17, 15) is 0 Å². The highest BCUT2D eigenvalue weighted by Crippen LogP contribution is 2.41. The molecule has 0 spiro atoms. The summed E-state index contributed by atoms with van der Waals surface area (Å²) in [6.45, 7) is 2.80. The molecule has 4 rings (SSSR count). The van der Waals surface area contributed by atoms with Crippen LogP contribution in [0.3, 0.4) is 0 Å². The standard InChI is InChI=1S/C27H33N3O4.2ClH/c1-31-24-7-5-6-23(15-24)30(22-8-10-28-11-9-22)18-19-12-21(17-29-16-19)20-13-25(32-2)27(34-4)26(14-20)33-3;;/h5-7,12-17,22,28H,8-11,18H2,1-4H3;2*1H. The van der Waals surface area contributed by atoms with Crippen LogP contribution in [-0.2, 0) is 6.54 Å². The number of piperidine rings is 1. The first-order chi connectivity index (χ1) is 16.7. The molecule has 36 heavy (non-hydrogen) atoms. The number of rotatable bonds is 9. The van der Waals surface area contributed by atoms with Gasteiger partial charge in [-0.15, -0.1) is 24.8 Å². The highest BCUT2D eigenvalue weighted by molar-refractivity contribution is 5.85. The van der Waals surface area contributed by atoms with Gasteiger partial charge in [0.25, 0.3) is 0 Å². The van der Waals surface area contributed by atoms with Crippen molar-refractivity contribution in [1.29, 1.82) is 0 Å². The Balaban J connectivity index is 0.00000228. The van der Waals surface area contributed by atoms with Crippen molar-refractivity contribution in [2.75, 3.05) is 46.4 Å². The van der Waals surface area contributed by atoms with E-state index in [1.165, 1.54) is 0 Å². The Hall–Kier alpha value is -2.87. The fourth-order valence-electron chi connectivity index (χ4n) is 4.52. The predicted octanol–water partition coefficient (Wildman–Crippen LogP) is 5.39. The monoisotopic (exact) mass is 535 g/mol. The summed E-state index contributed by atoms with van der Waals surface area (Å²) in [6.07, 6.45) is 5.99. The van der Waals surface area contributed by atoms with E-state index < -0.39 is 0 Å². The van der Waals surface area contributed by atoms with E-state index in [-0.39, 0.29) is 24.8 Å². The second kappa shape index (κ2) is 14.0. The lowest BCUT2D eigenvalue weighted by Gasteiger charge is -2.36. The molecule has 0 saturated carbocycles. The first-order valence-corrected chi connectivity index (χ1v) is 11.5. The number of anilines is 1. The van der Waals surface area contributed by atoms with Crippen molar-refractivity contribution in [2.24, 2.45) is 0 Å². The third kappa shape index (κ3) is 6.66. The molecule has 3 aromatic rings. The minimum absolute atomic E-state index is 0. The third-order valence-corrected chi connectivity index (χ3v) is 6.28. The summed E-state index contributed by atoms with van der Waals surface area (Å²) in [7, 11) is 6.57. The molecular formula is C27H35Cl2N3O4. The van der Waals surface area contributed by atoms with Gasteiger partial charge in [-0.2, -0.15) is 0 Å². The van der Waals surface area contributed by atoms with Crippen molar-refractivity contribution >= 4 is 30.5 Å². The third-order valence-electron chi connectivity index (χ3n) is 6.28. The molecule has 1 N–H and O–H groups in total. The Morgan fingerprint density at radius 3 is 2.14 bits per heavy atom. The largest absolute Gasteiger partial charge is 0.497 e. The van der Waals surface area contributed by atoms with Gasteiger partial charge in [-0.1, -0.05) is 6.07 Å². The summed E-state index contributed by atoms with van der Waals surface area (Å²) in [4.78, 5) is 7.04. The van der Waals surface area contributed by atoms with Crippen molar-refractivity contribution in [3.05, 3.63) is 60.4 Å². The molecule has 0 unspecified atom stereocenters. The molecule has 0 amide bonds. The highest BCUT2D eigenvalue weighted by Gasteiger charge is 2.22. The zero-order valence-corrected chi connectivity index (χ0v) is 22.8. The van der Waals surface area contributed by atoms with Gasteiger partial charge in [0.1, 0.15) is 5.75 Å². The maximum Gasteiger partial charge on any atom is 0.203 e. The number of nitrogens with zero attached hydrogens (tertiary/aromatic N) is 2. The number of ether oxygens (including phenoxy) is 4. The van der Waals surface area contributed by atoms with E-state index in [0.29, 0.717) is 23.3 Å².